The van der Waals surface area contributed by atoms with Gasteiger partial charge in [-0.1, -0.05) is 24.8 Å². The molecule has 0 saturated carbocycles. The molecule has 0 aliphatic heterocycles. The van der Waals surface area contributed by atoms with E-state index in [1.165, 1.54) is 11.8 Å². The molecular weight excluding hydrogens is 224 g/mol. The van der Waals surface area contributed by atoms with Crippen molar-refractivity contribution in [2.24, 2.45) is 0 Å². The van der Waals surface area contributed by atoms with Gasteiger partial charge in [-0.05, 0) is 12.1 Å². The van der Waals surface area contributed by atoms with Gasteiger partial charge >= 0.3 is 5.97 Å². The smallest absolute Gasteiger partial charge is 0.338 e. The maximum absolute atomic E-state index is 11.4. The van der Waals surface area contributed by atoms with Crippen molar-refractivity contribution in [2.45, 2.75) is 0 Å². The summed E-state index contributed by atoms with van der Waals surface area (Å²) in [5.74, 6) is 0.189. The molecule has 0 radical (unpaired) electrons. The van der Waals surface area contributed by atoms with E-state index < -0.39 is 0 Å². The number of rotatable bonds is 6. The molecule has 0 bridgehead atoms. The Balaban J connectivity index is 2.26. The van der Waals surface area contributed by atoms with Crippen molar-refractivity contribution in [3.8, 4) is 0 Å². The fourth-order valence-corrected chi connectivity index (χ4v) is 1.50. The molecule has 1 rings (SSSR count). The Hall–Kier alpha value is -1.55. The van der Waals surface area contributed by atoms with Crippen LogP contribution in [0.5, 0.6) is 0 Å². The molecule has 3 nitrogen and oxygen atoms in total. The normalized spacial score (nSPS) is 9.50. The molecular formula is C12H12O3S. The first-order valence-corrected chi connectivity index (χ1v) is 5.71. The van der Waals surface area contributed by atoms with Gasteiger partial charge in [0, 0.05) is 10.7 Å². The number of ether oxygens (including phenoxy) is 1. The van der Waals surface area contributed by atoms with Crippen LogP contribution in [0.4, 0.5) is 0 Å². The molecule has 1 aromatic rings. The fourth-order valence-electron chi connectivity index (χ4n) is 0.999. The Morgan fingerprint density at radius 3 is 2.69 bits per heavy atom. The minimum atomic E-state index is -0.349. The number of benzene rings is 1. The van der Waals surface area contributed by atoms with Crippen LogP contribution >= 0.6 is 11.8 Å². The zero-order valence-corrected chi connectivity index (χ0v) is 9.53. The zero-order valence-electron chi connectivity index (χ0n) is 8.72. The van der Waals surface area contributed by atoms with E-state index in [4.69, 9.17) is 4.74 Å². The van der Waals surface area contributed by atoms with Crippen LogP contribution in [0.3, 0.4) is 0 Å². The molecule has 0 atom stereocenters. The number of esters is 1. The van der Waals surface area contributed by atoms with E-state index in [2.05, 4.69) is 6.58 Å². The highest BCUT2D eigenvalue weighted by molar-refractivity contribution is 8.03. The molecule has 0 aliphatic carbocycles. The number of carbonyl (C=O) groups excluding carboxylic acids is 2. The predicted molar refractivity (Wildman–Crippen MR) is 64.4 cm³/mol. The third kappa shape index (κ3) is 4.31. The Kier molecular flexibility index (Phi) is 5.36. The number of hydrogen-bond acceptors (Lipinski definition) is 4. The van der Waals surface area contributed by atoms with Gasteiger partial charge in [-0.2, -0.15) is 0 Å². The monoisotopic (exact) mass is 236 g/mol. The first-order valence-electron chi connectivity index (χ1n) is 4.73. The summed E-state index contributed by atoms with van der Waals surface area (Å²) in [7, 11) is 0. The molecule has 0 aliphatic rings. The predicted octanol–water partition coefficient (Wildman–Crippen LogP) is 2.29. The summed E-state index contributed by atoms with van der Waals surface area (Å²) in [5.41, 5.74) is 0.529. The van der Waals surface area contributed by atoms with Gasteiger partial charge in [0.2, 0.25) is 0 Å². The maximum Gasteiger partial charge on any atom is 0.338 e. The Bertz CT molecular complexity index is 373. The van der Waals surface area contributed by atoms with Crippen molar-refractivity contribution in [1.82, 2.24) is 0 Å². The SMILES string of the molecule is C=C(C=O)SCCOC(=O)c1ccccc1. The van der Waals surface area contributed by atoms with Gasteiger partial charge in [0.15, 0.2) is 6.29 Å². The van der Waals surface area contributed by atoms with E-state index in [0.29, 0.717) is 22.5 Å². The van der Waals surface area contributed by atoms with Crippen molar-refractivity contribution >= 4 is 24.0 Å². The van der Waals surface area contributed by atoms with Gasteiger partial charge in [0.05, 0.1) is 5.56 Å². The lowest BCUT2D eigenvalue weighted by atomic mass is 10.2. The van der Waals surface area contributed by atoms with E-state index in [-0.39, 0.29) is 12.6 Å². The third-order valence-corrected chi connectivity index (χ3v) is 2.58. The quantitative estimate of drug-likeness (QED) is 0.329. The van der Waals surface area contributed by atoms with Crippen molar-refractivity contribution in [1.29, 1.82) is 0 Å². The van der Waals surface area contributed by atoms with Crippen LogP contribution < -0.4 is 0 Å². The number of aldehydes is 1. The largest absolute Gasteiger partial charge is 0.461 e. The van der Waals surface area contributed by atoms with Gasteiger partial charge < -0.3 is 4.74 Å². The molecule has 0 heterocycles. The summed E-state index contributed by atoms with van der Waals surface area (Å²) >= 11 is 1.27. The molecule has 84 valence electrons. The van der Waals surface area contributed by atoms with E-state index >= 15 is 0 Å². The Morgan fingerprint density at radius 2 is 2.06 bits per heavy atom. The van der Waals surface area contributed by atoms with Crippen molar-refractivity contribution in [2.75, 3.05) is 12.4 Å². The third-order valence-electron chi connectivity index (χ3n) is 1.74. The molecule has 0 amide bonds. The van der Waals surface area contributed by atoms with E-state index in [0.717, 1.165) is 0 Å². The van der Waals surface area contributed by atoms with Crippen LogP contribution in [-0.4, -0.2) is 24.6 Å². The lowest BCUT2D eigenvalue weighted by Crippen LogP contribution is -2.07. The van der Waals surface area contributed by atoms with Gasteiger partial charge in [-0.3, -0.25) is 4.79 Å². The minimum absolute atomic E-state index is 0.269. The van der Waals surface area contributed by atoms with E-state index in [1.54, 1.807) is 24.3 Å². The second-order valence-corrected chi connectivity index (χ2v) is 4.16. The highest BCUT2D eigenvalue weighted by Crippen LogP contribution is 2.10. The summed E-state index contributed by atoms with van der Waals surface area (Å²) in [4.78, 5) is 22.1. The number of thioether (sulfide) groups is 1. The number of carbonyl (C=O) groups is 2. The highest BCUT2D eigenvalue weighted by Gasteiger charge is 2.05. The van der Waals surface area contributed by atoms with Crippen molar-refractivity contribution < 1.29 is 14.3 Å². The number of allylic oxidation sites excluding steroid dienone is 1. The second-order valence-electron chi connectivity index (χ2n) is 2.93. The molecule has 0 N–H and O–H groups in total. The van der Waals surface area contributed by atoms with Crippen molar-refractivity contribution in [3.05, 3.63) is 47.4 Å². The fraction of sp³-hybridized carbons (Fsp3) is 0.167. The standard InChI is InChI=1S/C12H12O3S/c1-10(9-13)16-8-7-15-12(14)11-5-3-2-4-6-11/h2-6,9H,1,7-8H2. The molecule has 0 saturated heterocycles. The van der Waals surface area contributed by atoms with Crippen LogP contribution in [0.2, 0.25) is 0 Å². The van der Waals surface area contributed by atoms with Crippen LogP contribution in [0.1, 0.15) is 10.4 Å². The van der Waals surface area contributed by atoms with E-state index in [1.807, 2.05) is 6.07 Å². The minimum Gasteiger partial charge on any atom is -0.461 e. The average molecular weight is 236 g/mol. The average Bonchev–Trinajstić information content (AvgIpc) is 2.35. The van der Waals surface area contributed by atoms with Crippen LogP contribution in [0.25, 0.3) is 0 Å². The van der Waals surface area contributed by atoms with Gasteiger partial charge in [0.1, 0.15) is 6.61 Å². The molecule has 16 heavy (non-hydrogen) atoms. The highest BCUT2D eigenvalue weighted by atomic mass is 32.2. The summed E-state index contributed by atoms with van der Waals surface area (Å²) in [6.07, 6.45) is 0.684. The molecule has 1 aromatic carbocycles. The lowest BCUT2D eigenvalue weighted by Gasteiger charge is -2.03. The van der Waals surface area contributed by atoms with Gasteiger partial charge in [-0.25, -0.2) is 4.79 Å². The zero-order chi connectivity index (χ0) is 11.8. The maximum atomic E-state index is 11.4. The van der Waals surface area contributed by atoms with Gasteiger partial charge in [0.25, 0.3) is 0 Å². The van der Waals surface area contributed by atoms with Gasteiger partial charge in [-0.15, -0.1) is 11.8 Å². The van der Waals surface area contributed by atoms with E-state index in [9.17, 15) is 9.59 Å². The second kappa shape index (κ2) is 6.85. The topological polar surface area (TPSA) is 43.4 Å². The Morgan fingerprint density at radius 1 is 1.38 bits per heavy atom. The summed E-state index contributed by atoms with van der Waals surface area (Å²) in [6, 6.07) is 8.78. The van der Waals surface area contributed by atoms with Crippen LogP contribution in [0, 0.1) is 0 Å². The molecule has 0 aromatic heterocycles. The summed E-state index contributed by atoms with van der Waals surface area (Å²) < 4.78 is 5.01. The number of hydrogen-bond donors (Lipinski definition) is 0. The summed E-state index contributed by atoms with van der Waals surface area (Å²) in [6.45, 7) is 3.77. The molecule has 0 unspecified atom stereocenters. The molecule has 4 heteroatoms. The summed E-state index contributed by atoms with van der Waals surface area (Å²) in [5, 5.41) is 0. The Labute approximate surface area is 98.5 Å². The first-order chi connectivity index (χ1) is 7.74. The first kappa shape index (κ1) is 12.5. The van der Waals surface area contributed by atoms with Crippen LogP contribution in [-0.2, 0) is 9.53 Å². The molecule has 0 spiro atoms. The van der Waals surface area contributed by atoms with Crippen molar-refractivity contribution in [3.63, 3.8) is 0 Å². The lowest BCUT2D eigenvalue weighted by molar-refractivity contribution is -0.104. The molecule has 0 fully saturated rings. The van der Waals surface area contributed by atoms with Crippen LogP contribution in [0.15, 0.2) is 41.8 Å².